The summed E-state index contributed by atoms with van der Waals surface area (Å²) in [5.41, 5.74) is 4.23. The number of nitrogens with zero attached hydrogens (tertiary/aromatic N) is 2. The van der Waals surface area contributed by atoms with Crippen LogP contribution in [0.15, 0.2) is 73.2 Å². The normalized spacial score (nSPS) is 12.1. The summed E-state index contributed by atoms with van der Waals surface area (Å²) >= 11 is 6.09. The van der Waals surface area contributed by atoms with Crippen LogP contribution < -0.4 is 5.32 Å². The maximum atomic E-state index is 10.9. The number of phenolic OH excluding ortho intramolecular Hbond substituents is 1. The summed E-state index contributed by atoms with van der Waals surface area (Å²) in [5.74, 6) is 0.168. The molecule has 4 aromatic rings. The van der Waals surface area contributed by atoms with Gasteiger partial charge in [0.1, 0.15) is 11.3 Å². The van der Waals surface area contributed by atoms with Crippen LogP contribution in [-0.2, 0) is 0 Å². The van der Waals surface area contributed by atoms with Crippen molar-refractivity contribution in [1.82, 2.24) is 9.97 Å². The van der Waals surface area contributed by atoms with Crippen LogP contribution in [0.3, 0.4) is 0 Å². The lowest BCUT2D eigenvalue weighted by Crippen LogP contribution is -2.14. The highest BCUT2D eigenvalue weighted by Crippen LogP contribution is 2.36. The number of pyridine rings is 2. The van der Waals surface area contributed by atoms with E-state index >= 15 is 0 Å². The Hall–Kier alpha value is -3.11. The second-order valence-electron chi connectivity index (χ2n) is 6.40. The van der Waals surface area contributed by atoms with Crippen molar-refractivity contribution in [3.63, 3.8) is 0 Å². The highest BCUT2D eigenvalue weighted by Gasteiger charge is 2.20. The molecule has 0 aliphatic heterocycles. The summed E-state index contributed by atoms with van der Waals surface area (Å²) in [7, 11) is 0. The van der Waals surface area contributed by atoms with E-state index < -0.39 is 0 Å². The number of nitrogens with one attached hydrogen (secondary N) is 1. The fourth-order valence-corrected chi connectivity index (χ4v) is 3.44. The Morgan fingerprint density at radius 3 is 2.67 bits per heavy atom. The summed E-state index contributed by atoms with van der Waals surface area (Å²) < 4.78 is 0. The molecule has 4 rings (SSSR count). The van der Waals surface area contributed by atoms with E-state index in [0.717, 1.165) is 27.8 Å². The predicted octanol–water partition coefficient (Wildman–Crippen LogP) is 5.50. The van der Waals surface area contributed by atoms with E-state index in [9.17, 15) is 5.11 Å². The van der Waals surface area contributed by atoms with E-state index in [1.54, 1.807) is 18.6 Å². The number of fused-ring (bicyclic) bond motifs is 1. The van der Waals surface area contributed by atoms with E-state index in [1.807, 2.05) is 61.5 Å². The van der Waals surface area contributed by atoms with Crippen molar-refractivity contribution in [2.24, 2.45) is 0 Å². The maximum Gasteiger partial charge on any atom is 0.147 e. The van der Waals surface area contributed by atoms with Crippen LogP contribution in [-0.4, -0.2) is 15.1 Å². The Balaban J connectivity index is 1.85. The molecular formula is C22H18ClN3O. The average Bonchev–Trinajstić information content (AvgIpc) is 2.69. The molecule has 2 aromatic carbocycles. The van der Waals surface area contributed by atoms with Gasteiger partial charge in [-0.3, -0.25) is 9.97 Å². The molecular weight excluding hydrogens is 358 g/mol. The van der Waals surface area contributed by atoms with Crippen molar-refractivity contribution in [2.75, 3.05) is 5.32 Å². The molecule has 0 spiro atoms. The molecule has 0 unspecified atom stereocenters. The Labute approximate surface area is 162 Å². The molecule has 4 nitrogen and oxygen atoms in total. The molecule has 27 heavy (non-hydrogen) atoms. The van der Waals surface area contributed by atoms with E-state index in [4.69, 9.17) is 11.6 Å². The summed E-state index contributed by atoms with van der Waals surface area (Å²) in [4.78, 5) is 8.59. The molecule has 0 saturated heterocycles. The van der Waals surface area contributed by atoms with Gasteiger partial charge < -0.3 is 10.4 Å². The number of phenols is 1. The van der Waals surface area contributed by atoms with Crippen LogP contribution >= 0.6 is 11.6 Å². The van der Waals surface area contributed by atoms with E-state index in [2.05, 4.69) is 15.3 Å². The quantitative estimate of drug-likeness (QED) is 0.494. The van der Waals surface area contributed by atoms with Gasteiger partial charge in [-0.05, 0) is 48.4 Å². The van der Waals surface area contributed by atoms with Gasteiger partial charge in [-0.2, -0.15) is 0 Å². The summed E-state index contributed by atoms with van der Waals surface area (Å²) in [6.07, 6.45) is 5.21. The Bertz CT molecular complexity index is 1100. The summed E-state index contributed by atoms with van der Waals surface area (Å²) in [6, 6.07) is 17.0. The number of aromatic nitrogens is 2. The summed E-state index contributed by atoms with van der Waals surface area (Å²) in [5, 5.41) is 16.0. The predicted molar refractivity (Wildman–Crippen MR) is 109 cm³/mol. The van der Waals surface area contributed by atoms with E-state index in [1.165, 1.54) is 0 Å². The van der Waals surface area contributed by atoms with Gasteiger partial charge in [0.15, 0.2) is 0 Å². The van der Waals surface area contributed by atoms with E-state index in [-0.39, 0.29) is 11.8 Å². The van der Waals surface area contributed by atoms with Gasteiger partial charge in [-0.15, -0.1) is 0 Å². The van der Waals surface area contributed by atoms with Gasteiger partial charge in [-0.25, -0.2) is 0 Å². The lowest BCUT2D eigenvalue weighted by Gasteiger charge is -2.23. The third kappa shape index (κ3) is 3.44. The minimum absolute atomic E-state index is 0.168. The molecule has 0 aliphatic carbocycles. The Kier molecular flexibility index (Phi) is 4.65. The van der Waals surface area contributed by atoms with Crippen LogP contribution in [0.5, 0.6) is 5.75 Å². The minimum Gasteiger partial charge on any atom is -0.505 e. The van der Waals surface area contributed by atoms with Gasteiger partial charge >= 0.3 is 0 Å². The molecule has 134 valence electrons. The van der Waals surface area contributed by atoms with Crippen molar-refractivity contribution in [2.45, 2.75) is 13.0 Å². The minimum atomic E-state index is -0.287. The maximum absolute atomic E-state index is 10.9. The number of hydrogen-bond acceptors (Lipinski definition) is 4. The summed E-state index contributed by atoms with van der Waals surface area (Å²) in [6.45, 7) is 2.00. The number of benzene rings is 2. The zero-order valence-electron chi connectivity index (χ0n) is 14.7. The first-order chi connectivity index (χ1) is 13.1. The van der Waals surface area contributed by atoms with Crippen molar-refractivity contribution in [3.8, 4) is 5.75 Å². The number of aryl methyl sites for hydroxylation is 1. The van der Waals surface area contributed by atoms with Crippen molar-refractivity contribution in [3.05, 3.63) is 94.9 Å². The second kappa shape index (κ2) is 7.25. The molecule has 2 heterocycles. The molecule has 0 radical (unpaired) electrons. The SMILES string of the molecule is Cc1cc(Cl)ccc1N[C@H](c1cccnc1)c1ccc2cccnc2c1O. The van der Waals surface area contributed by atoms with Crippen LogP contribution in [0.2, 0.25) is 5.02 Å². The van der Waals surface area contributed by atoms with Gasteiger partial charge in [0.25, 0.3) is 0 Å². The zero-order chi connectivity index (χ0) is 18.8. The number of anilines is 1. The monoisotopic (exact) mass is 375 g/mol. The zero-order valence-corrected chi connectivity index (χ0v) is 15.5. The lowest BCUT2D eigenvalue weighted by molar-refractivity contribution is 0.471. The molecule has 1 atom stereocenters. The molecule has 0 saturated carbocycles. The number of hydrogen-bond donors (Lipinski definition) is 2. The van der Waals surface area contributed by atoms with Gasteiger partial charge in [0.05, 0.1) is 6.04 Å². The first-order valence-electron chi connectivity index (χ1n) is 8.62. The van der Waals surface area contributed by atoms with Crippen LogP contribution in [0.1, 0.15) is 22.7 Å². The van der Waals surface area contributed by atoms with E-state index in [0.29, 0.717) is 10.5 Å². The van der Waals surface area contributed by atoms with Crippen LogP contribution in [0, 0.1) is 6.92 Å². The number of halogens is 1. The van der Waals surface area contributed by atoms with Gasteiger partial charge in [0, 0.05) is 40.3 Å². The first-order valence-corrected chi connectivity index (χ1v) is 9.00. The van der Waals surface area contributed by atoms with Crippen molar-refractivity contribution < 1.29 is 5.11 Å². The van der Waals surface area contributed by atoms with Gasteiger partial charge in [0.2, 0.25) is 0 Å². The van der Waals surface area contributed by atoms with Gasteiger partial charge in [-0.1, -0.05) is 35.9 Å². The topological polar surface area (TPSA) is 58.0 Å². The van der Waals surface area contributed by atoms with Crippen molar-refractivity contribution >= 4 is 28.2 Å². The molecule has 0 amide bonds. The lowest BCUT2D eigenvalue weighted by atomic mass is 9.96. The molecule has 0 bridgehead atoms. The number of rotatable bonds is 4. The third-order valence-corrected chi connectivity index (χ3v) is 4.83. The third-order valence-electron chi connectivity index (χ3n) is 4.60. The van der Waals surface area contributed by atoms with Crippen molar-refractivity contribution in [1.29, 1.82) is 0 Å². The van der Waals surface area contributed by atoms with Crippen LogP contribution in [0.4, 0.5) is 5.69 Å². The fourth-order valence-electron chi connectivity index (χ4n) is 3.21. The Morgan fingerprint density at radius 2 is 1.89 bits per heavy atom. The standard InChI is InChI=1S/C22H18ClN3O/c1-14-12-17(23)7-9-19(14)26-20(16-5-2-10-24-13-16)18-8-6-15-4-3-11-25-21(15)22(18)27/h2-13,20,26-27H,1H3/t20-/m1/s1. The molecule has 0 fully saturated rings. The Morgan fingerprint density at radius 1 is 1.04 bits per heavy atom. The molecule has 5 heteroatoms. The smallest absolute Gasteiger partial charge is 0.147 e. The number of aromatic hydroxyl groups is 1. The fraction of sp³-hybridized carbons (Fsp3) is 0.0909. The average molecular weight is 376 g/mol. The highest BCUT2D eigenvalue weighted by molar-refractivity contribution is 6.30. The first kappa shape index (κ1) is 17.3. The second-order valence-corrected chi connectivity index (χ2v) is 6.84. The molecule has 2 aromatic heterocycles. The van der Waals surface area contributed by atoms with Crippen LogP contribution in [0.25, 0.3) is 10.9 Å². The molecule has 2 N–H and O–H groups in total. The highest BCUT2D eigenvalue weighted by atomic mass is 35.5. The largest absolute Gasteiger partial charge is 0.505 e. The molecule has 0 aliphatic rings.